The highest BCUT2D eigenvalue weighted by Gasteiger charge is 2.17. The summed E-state index contributed by atoms with van der Waals surface area (Å²) >= 11 is 6.97. The molecule has 0 unspecified atom stereocenters. The van der Waals surface area contributed by atoms with Crippen LogP contribution in [0, 0.1) is 5.82 Å². The molecule has 0 saturated heterocycles. The first-order valence-corrected chi connectivity index (χ1v) is 10.4. The van der Waals surface area contributed by atoms with Gasteiger partial charge in [0.15, 0.2) is 9.84 Å². The van der Waals surface area contributed by atoms with Crippen LogP contribution in [0.3, 0.4) is 0 Å². The van der Waals surface area contributed by atoms with Gasteiger partial charge in [-0.2, -0.15) is 0 Å². The molecule has 136 valence electrons. The minimum absolute atomic E-state index is 0.281. The smallest absolute Gasteiger partial charge is 0.312 e. The van der Waals surface area contributed by atoms with E-state index in [-0.39, 0.29) is 4.87 Å². The van der Waals surface area contributed by atoms with Crippen molar-refractivity contribution < 1.29 is 17.5 Å². The second-order valence-electron chi connectivity index (χ2n) is 5.46. The molecule has 0 fully saturated rings. The van der Waals surface area contributed by atoms with Crippen molar-refractivity contribution in [2.75, 3.05) is 13.4 Å². The number of hydrogen-bond acceptors (Lipinski definition) is 5. The molecule has 2 aromatic carbocycles. The number of rotatable bonds is 4. The third-order valence-corrected chi connectivity index (χ3v) is 5.88. The van der Waals surface area contributed by atoms with E-state index in [1.54, 1.807) is 23.6 Å². The van der Waals surface area contributed by atoms with E-state index < -0.39 is 20.5 Å². The largest absolute Gasteiger partial charge is 0.495 e. The van der Waals surface area contributed by atoms with Crippen LogP contribution in [0.4, 0.5) is 4.39 Å². The maximum absolute atomic E-state index is 14.2. The lowest BCUT2D eigenvalue weighted by atomic mass is 10.1. The van der Waals surface area contributed by atoms with E-state index in [1.165, 1.54) is 23.8 Å². The van der Waals surface area contributed by atoms with Crippen LogP contribution < -0.4 is 9.61 Å². The fraction of sp³-hybridized carbons (Fsp3) is 0.118. The molecule has 3 aromatic rings. The summed E-state index contributed by atoms with van der Waals surface area (Å²) in [6, 6.07) is 8.59. The van der Waals surface area contributed by atoms with Crippen LogP contribution in [0.15, 0.2) is 51.5 Å². The molecule has 0 radical (unpaired) electrons. The van der Waals surface area contributed by atoms with Crippen LogP contribution in [0.25, 0.3) is 16.9 Å². The minimum Gasteiger partial charge on any atom is -0.495 e. The molecule has 0 N–H and O–H groups in total. The summed E-state index contributed by atoms with van der Waals surface area (Å²) in [6.45, 7) is 0. The third kappa shape index (κ3) is 3.40. The van der Waals surface area contributed by atoms with E-state index in [9.17, 15) is 17.6 Å². The normalized spacial score (nSPS) is 11.5. The Morgan fingerprint density at radius 3 is 2.54 bits per heavy atom. The molecule has 0 spiro atoms. The monoisotopic (exact) mass is 413 g/mol. The third-order valence-electron chi connectivity index (χ3n) is 3.71. The summed E-state index contributed by atoms with van der Waals surface area (Å²) in [5.74, 6) is -0.476. The Hall–Kier alpha value is -2.16. The summed E-state index contributed by atoms with van der Waals surface area (Å²) in [5.41, 5.74) is 1.31. The molecule has 0 aliphatic carbocycles. The van der Waals surface area contributed by atoms with Crippen molar-refractivity contribution in [2.24, 2.45) is 0 Å². The van der Waals surface area contributed by atoms with E-state index in [0.29, 0.717) is 27.7 Å². The number of thiazole rings is 1. The van der Waals surface area contributed by atoms with E-state index in [4.69, 9.17) is 16.3 Å². The Bertz CT molecular complexity index is 1150. The lowest BCUT2D eigenvalue weighted by Gasteiger charge is -2.11. The molecule has 0 atom stereocenters. The molecular weight excluding hydrogens is 401 g/mol. The second-order valence-corrected chi connectivity index (χ2v) is 8.67. The second kappa shape index (κ2) is 6.86. The fourth-order valence-corrected chi connectivity index (χ4v) is 4.19. The van der Waals surface area contributed by atoms with Gasteiger partial charge in [0.25, 0.3) is 0 Å². The van der Waals surface area contributed by atoms with Crippen LogP contribution in [-0.2, 0) is 9.84 Å². The van der Waals surface area contributed by atoms with Gasteiger partial charge in [0.1, 0.15) is 16.5 Å². The van der Waals surface area contributed by atoms with E-state index in [2.05, 4.69) is 0 Å². The van der Waals surface area contributed by atoms with Gasteiger partial charge < -0.3 is 4.74 Å². The zero-order valence-corrected chi connectivity index (χ0v) is 16.1. The predicted molar refractivity (Wildman–Crippen MR) is 100.0 cm³/mol. The van der Waals surface area contributed by atoms with Crippen LogP contribution in [0.5, 0.6) is 5.75 Å². The van der Waals surface area contributed by atoms with Crippen molar-refractivity contribution in [1.29, 1.82) is 0 Å². The lowest BCUT2D eigenvalue weighted by molar-refractivity contribution is 0.415. The standard InChI is InChI=1S/C17H13ClFNO4S2/c1-24-15-8-11(4-5-12(15)18)20-14(9-25-17(20)21)10-3-6-16(13(19)7-10)26(2,22)23/h3-9H,1-2H3. The number of aromatic nitrogens is 1. The number of nitrogens with zero attached hydrogens (tertiary/aromatic N) is 1. The van der Waals surface area contributed by atoms with Gasteiger partial charge in [-0.1, -0.05) is 29.0 Å². The van der Waals surface area contributed by atoms with Crippen LogP contribution in [0.1, 0.15) is 0 Å². The van der Waals surface area contributed by atoms with E-state index in [1.807, 2.05) is 0 Å². The quantitative estimate of drug-likeness (QED) is 0.653. The van der Waals surface area contributed by atoms with Crippen LogP contribution >= 0.6 is 22.9 Å². The summed E-state index contributed by atoms with van der Waals surface area (Å²) in [4.78, 5) is 11.7. The SMILES string of the molecule is COc1cc(-n2c(-c3ccc(S(C)(=O)=O)c(F)c3)csc2=O)ccc1Cl. The van der Waals surface area contributed by atoms with Crippen LogP contribution in [-0.4, -0.2) is 26.4 Å². The highest BCUT2D eigenvalue weighted by Crippen LogP contribution is 2.30. The van der Waals surface area contributed by atoms with Gasteiger partial charge in [-0.3, -0.25) is 9.36 Å². The summed E-state index contributed by atoms with van der Waals surface area (Å²) in [5, 5.41) is 1.97. The van der Waals surface area contributed by atoms with Gasteiger partial charge in [-0.15, -0.1) is 0 Å². The van der Waals surface area contributed by atoms with Gasteiger partial charge in [-0.25, -0.2) is 12.8 Å². The molecule has 9 heteroatoms. The molecule has 1 aromatic heterocycles. The molecule has 0 bridgehead atoms. The highest BCUT2D eigenvalue weighted by atomic mass is 35.5. The minimum atomic E-state index is -3.68. The topological polar surface area (TPSA) is 65.4 Å². The highest BCUT2D eigenvalue weighted by molar-refractivity contribution is 7.90. The van der Waals surface area contributed by atoms with Crippen molar-refractivity contribution in [3.8, 4) is 22.7 Å². The Morgan fingerprint density at radius 1 is 1.19 bits per heavy atom. The van der Waals surface area contributed by atoms with Crippen LogP contribution in [0.2, 0.25) is 5.02 Å². The zero-order valence-electron chi connectivity index (χ0n) is 13.7. The summed E-state index contributed by atoms with van der Waals surface area (Å²) in [7, 11) is -2.22. The van der Waals surface area contributed by atoms with Gasteiger partial charge in [0.05, 0.1) is 23.5 Å². The van der Waals surface area contributed by atoms with Crippen molar-refractivity contribution in [3.63, 3.8) is 0 Å². The maximum Gasteiger partial charge on any atom is 0.312 e. The maximum atomic E-state index is 14.2. The number of methoxy groups -OCH3 is 1. The molecule has 26 heavy (non-hydrogen) atoms. The first kappa shape index (κ1) is 18.6. The van der Waals surface area contributed by atoms with Crippen molar-refractivity contribution >= 4 is 32.8 Å². The average Bonchev–Trinajstić information content (AvgIpc) is 2.96. The van der Waals surface area contributed by atoms with Gasteiger partial charge >= 0.3 is 4.87 Å². The Kier molecular flexibility index (Phi) is 4.92. The molecule has 0 amide bonds. The summed E-state index contributed by atoms with van der Waals surface area (Å²) < 4.78 is 44.0. The Morgan fingerprint density at radius 2 is 1.92 bits per heavy atom. The number of hydrogen-bond donors (Lipinski definition) is 0. The molecule has 3 rings (SSSR count). The first-order chi connectivity index (χ1) is 12.2. The van der Waals surface area contributed by atoms with Crippen molar-refractivity contribution in [2.45, 2.75) is 4.90 Å². The van der Waals surface area contributed by atoms with E-state index in [0.717, 1.165) is 23.7 Å². The average molecular weight is 414 g/mol. The molecule has 1 heterocycles. The zero-order chi connectivity index (χ0) is 19.1. The predicted octanol–water partition coefficient (Wildman–Crippen LogP) is 3.77. The molecule has 0 aliphatic rings. The number of sulfone groups is 1. The molecule has 5 nitrogen and oxygen atoms in total. The number of benzene rings is 2. The van der Waals surface area contributed by atoms with Crippen molar-refractivity contribution in [1.82, 2.24) is 4.57 Å². The number of halogens is 2. The van der Waals surface area contributed by atoms with Gasteiger partial charge in [0, 0.05) is 23.3 Å². The molecule has 0 aliphatic heterocycles. The van der Waals surface area contributed by atoms with Gasteiger partial charge in [0.2, 0.25) is 0 Å². The molecular formula is C17H13ClFNO4S2. The van der Waals surface area contributed by atoms with Crippen molar-refractivity contribution in [3.05, 3.63) is 62.3 Å². The molecule has 0 saturated carbocycles. The van der Waals surface area contributed by atoms with E-state index >= 15 is 0 Å². The van der Waals surface area contributed by atoms with Gasteiger partial charge in [-0.05, 0) is 24.3 Å². The Labute approximate surface area is 158 Å². The Balaban J connectivity index is 2.18. The first-order valence-electron chi connectivity index (χ1n) is 7.27. The summed E-state index contributed by atoms with van der Waals surface area (Å²) in [6.07, 6.45) is 0.936. The lowest BCUT2D eigenvalue weighted by Crippen LogP contribution is -2.12. The number of ether oxygens (including phenoxy) is 1. The fourth-order valence-electron chi connectivity index (χ4n) is 2.50.